The second-order valence-corrected chi connectivity index (χ2v) is 5.66. The molecule has 0 unspecified atom stereocenters. The Morgan fingerprint density at radius 1 is 0.958 bits per heavy atom. The molecule has 2 aromatic heterocycles. The van der Waals surface area contributed by atoms with Crippen molar-refractivity contribution >= 4 is 21.8 Å². The molecule has 0 amide bonds. The summed E-state index contributed by atoms with van der Waals surface area (Å²) in [6.07, 6.45) is -1.80. The summed E-state index contributed by atoms with van der Waals surface area (Å²) in [6, 6.07) is 7.11. The van der Waals surface area contributed by atoms with Crippen LogP contribution >= 0.6 is 0 Å². The second kappa shape index (κ2) is 6.36. The maximum Gasteiger partial charge on any atom is 0.417 e. The van der Waals surface area contributed by atoms with Gasteiger partial charge < -0.3 is 0 Å². The number of rotatable bonds is 4. The van der Waals surface area contributed by atoms with Crippen LogP contribution in [0.25, 0.3) is 21.8 Å². The number of hydrogen-bond donors (Lipinski definition) is 0. The highest BCUT2D eigenvalue weighted by Gasteiger charge is 2.36. The van der Waals surface area contributed by atoms with Gasteiger partial charge >= 0.3 is 6.18 Å². The molecule has 0 fully saturated rings. The van der Waals surface area contributed by atoms with Crippen molar-refractivity contribution in [3.05, 3.63) is 47.8 Å². The van der Waals surface area contributed by atoms with Crippen LogP contribution in [-0.4, -0.2) is 28.0 Å². The van der Waals surface area contributed by atoms with E-state index in [1.165, 1.54) is 12.4 Å². The Morgan fingerprint density at radius 3 is 2.33 bits per heavy atom. The minimum Gasteiger partial charge on any atom is -0.300 e. The highest BCUT2D eigenvalue weighted by atomic mass is 19.4. The molecule has 0 atom stereocenters. The van der Waals surface area contributed by atoms with Gasteiger partial charge in [0.05, 0.1) is 16.6 Å². The lowest BCUT2D eigenvalue weighted by Gasteiger charge is -2.22. The summed E-state index contributed by atoms with van der Waals surface area (Å²) in [5.41, 5.74) is 0.548. The Balaban J connectivity index is 2.29. The normalized spacial score (nSPS) is 12.4. The fraction of sp³-hybridized carbons (Fsp3) is 0.333. The van der Waals surface area contributed by atoms with E-state index < -0.39 is 11.7 Å². The molecule has 24 heavy (non-hydrogen) atoms. The van der Waals surface area contributed by atoms with Crippen molar-refractivity contribution in [2.24, 2.45) is 0 Å². The van der Waals surface area contributed by atoms with Crippen LogP contribution in [0.15, 0.2) is 36.7 Å². The molecule has 0 spiro atoms. The van der Waals surface area contributed by atoms with E-state index in [1.54, 1.807) is 24.3 Å². The third-order valence-corrected chi connectivity index (χ3v) is 4.26. The van der Waals surface area contributed by atoms with Crippen molar-refractivity contribution in [1.29, 1.82) is 0 Å². The number of pyridine rings is 2. The molecule has 0 aliphatic rings. The maximum absolute atomic E-state index is 13.8. The van der Waals surface area contributed by atoms with Gasteiger partial charge in [0.2, 0.25) is 0 Å². The van der Waals surface area contributed by atoms with Crippen LogP contribution in [-0.2, 0) is 12.7 Å². The quantitative estimate of drug-likeness (QED) is 0.651. The Bertz CT molecular complexity index is 870. The average molecular weight is 333 g/mol. The Morgan fingerprint density at radius 2 is 1.67 bits per heavy atom. The van der Waals surface area contributed by atoms with E-state index >= 15 is 0 Å². The Kier molecular flexibility index (Phi) is 4.41. The summed E-state index contributed by atoms with van der Waals surface area (Å²) in [7, 11) is 0. The maximum atomic E-state index is 13.8. The highest BCUT2D eigenvalue weighted by molar-refractivity contribution is 6.04. The minimum absolute atomic E-state index is 0.0610. The van der Waals surface area contributed by atoms with Gasteiger partial charge in [-0.3, -0.25) is 14.9 Å². The molecular weight excluding hydrogens is 315 g/mol. The molecule has 0 aliphatic carbocycles. The van der Waals surface area contributed by atoms with E-state index in [1.807, 2.05) is 18.7 Å². The number of hydrogen-bond acceptors (Lipinski definition) is 3. The van der Waals surface area contributed by atoms with E-state index in [2.05, 4.69) is 9.97 Å². The van der Waals surface area contributed by atoms with Crippen molar-refractivity contribution in [2.45, 2.75) is 26.6 Å². The number of fused-ring (bicyclic) bond motifs is 3. The number of benzene rings is 1. The lowest BCUT2D eigenvalue weighted by Crippen LogP contribution is -2.24. The summed E-state index contributed by atoms with van der Waals surface area (Å²) in [5.74, 6) is 0. The van der Waals surface area contributed by atoms with Crippen LogP contribution in [0, 0.1) is 0 Å². The minimum atomic E-state index is -4.45. The van der Waals surface area contributed by atoms with E-state index in [4.69, 9.17) is 0 Å². The third kappa shape index (κ3) is 2.94. The smallest absolute Gasteiger partial charge is 0.300 e. The molecule has 6 heteroatoms. The van der Waals surface area contributed by atoms with Gasteiger partial charge in [-0.2, -0.15) is 13.2 Å². The number of nitrogens with zero attached hydrogens (tertiary/aromatic N) is 3. The summed E-state index contributed by atoms with van der Waals surface area (Å²) in [4.78, 5) is 10.5. The standard InChI is InChI=1S/C18H18F3N3/c1-3-24(4-2)11-12-9-23-17-13-7-5-6-8-15(13)22-10-14(17)16(12)18(19,20)21/h5-10H,3-4,11H2,1-2H3. The molecule has 1 aromatic carbocycles. The van der Waals surface area contributed by atoms with Crippen molar-refractivity contribution in [3.8, 4) is 0 Å². The average Bonchev–Trinajstić information content (AvgIpc) is 2.57. The molecule has 3 aromatic rings. The molecule has 0 radical (unpaired) electrons. The number of para-hydroxylation sites is 1. The van der Waals surface area contributed by atoms with Crippen LogP contribution in [0.1, 0.15) is 25.0 Å². The zero-order valence-corrected chi connectivity index (χ0v) is 13.6. The van der Waals surface area contributed by atoms with Crippen molar-refractivity contribution in [3.63, 3.8) is 0 Å². The first-order valence-electron chi connectivity index (χ1n) is 7.90. The van der Waals surface area contributed by atoms with Gasteiger partial charge in [-0.15, -0.1) is 0 Å². The monoisotopic (exact) mass is 333 g/mol. The topological polar surface area (TPSA) is 29.0 Å². The fourth-order valence-corrected chi connectivity index (χ4v) is 2.97. The van der Waals surface area contributed by atoms with E-state index in [0.717, 1.165) is 0 Å². The summed E-state index contributed by atoms with van der Waals surface area (Å²) in [6.45, 7) is 5.45. The van der Waals surface area contributed by atoms with Crippen LogP contribution in [0.4, 0.5) is 13.2 Å². The highest BCUT2D eigenvalue weighted by Crippen LogP contribution is 2.38. The van der Waals surface area contributed by atoms with Crippen molar-refractivity contribution in [1.82, 2.24) is 14.9 Å². The molecule has 0 N–H and O–H groups in total. The zero-order chi connectivity index (χ0) is 17.3. The predicted octanol–water partition coefficient (Wildman–Crippen LogP) is 4.64. The van der Waals surface area contributed by atoms with Gasteiger partial charge in [0.25, 0.3) is 0 Å². The van der Waals surface area contributed by atoms with Crippen molar-refractivity contribution in [2.75, 3.05) is 13.1 Å². The zero-order valence-electron chi connectivity index (χ0n) is 13.6. The number of halogens is 3. The molecule has 2 heterocycles. The van der Waals surface area contributed by atoms with Gasteiger partial charge in [-0.25, -0.2) is 0 Å². The third-order valence-electron chi connectivity index (χ3n) is 4.26. The van der Waals surface area contributed by atoms with E-state index in [0.29, 0.717) is 29.5 Å². The van der Waals surface area contributed by atoms with E-state index in [9.17, 15) is 13.2 Å². The summed E-state index contributed by atoms with van der Waals surface area (Å²) < 4.78 is 41.3. The van der Waals surface area contributed by atoms with Crippen LogP contribution in [0.5, 0.6) is 0 Å². The first-order valence-corrected chi connectivity index (χ1v) is 7.90. The molecule has 126 valence electrons. The molecule has 0 saturated heterocycles. The predicted molar refractivity (Wildman–Crippen MR) is 88.7 cm³/mol. The van der Waals surface area contributed by atoms with Crippen LogP contribution in [0.2, 0.25) is 0 Å². The first kappa shape index (κ1) is 16.6. The molecule has 0 aliphatic heterocycles. The van der Waals surface area contributed by atoms with Crippen molar-refractivity contribution < 1.29 is 13.2 Å². The fourth-order valence-electron chi connectivity index (χ4n) is 2.97. The SMILES string of the molecule is CCN(CC)Cc1cnc2c(cnc3ccccc32)c1C(F)(F)F. The van der Waals surface area contributed by atoms with Gasteiger partial charge in [0.1, 0.15) is 0 Å². The second-order valence-electron chi connectivity index (χ2n) is 5.66. The molecular formula is C18H18F3N3. The van der Waals surface area contributed by atoms with Gasteiger partial charge in [0, 0.05) is 29.7 Å². The van der Waals surface area contributed by atoms with Crippen LogP contribution in [0.3, 0.4) is 0 Å². The summed E-state index contributed by atoms with van der Waals surface area (Å²) in [5, 5.41) is 0.695. The molecule has 0 bridgehead atoms. The number of alkyl halides is 3. The molecule has 3 rings (SSSR count). The molecule has 3 nitrogen and oxygen atoms in total. The Hall–Kier alpha value is -2.21. The summed E-state index contributed by atoms with van der Waals surface area (Å²) >= 11 is 0. The Labute approximate surface area is 138 Å². The van der Waals surface area contributed by atoms with Gasteiger partial charge in [-0.1, -0.05) is 32.0 Å². The van der Waals surface area contributed by atoms with Gasteiger partial charge in [-0.05, 0) is 24.7 Å². The van der Waals surface area contributed by atoms with Crippen LogP contribution < -0.4 is 0 Å². The van der Waals surface area contributed by atoms with E-state index in [-0.39, 0.29) is 17.5 Å². The first-order chi connectivity index (χ1) is 11.5. The van der Waals surface area contributed by atoms with Gasteiger partial charge in [0.15, 0.2) is 0 Å². The number of aromatic nitrogens is 2. The molecule has 0 saturated carbocycles. The largest absolute Gasteiger partial charge is 0.417 e. The lowest BCUT2D eigenvalue weighted by atomic mass is 10.0. The lowest BCUT2D eigenvalue weighted by molar-refractivity contribution is -0.137.